The molecule has 0 aliphatic carbocycles. The van der Waals surface area contributed by atoms with Gasteiger partial charge in [0.2, 0.25) is 0 Å². The summed E-state index contributed by atoms with van der Waals surface area (Å²) in [4.78, 5) is 0. The van der Waals surface area contributed by atoms with Gasteiger partial charge in [-0.3, -0.25) is 0 Å². The largest absolute Gasteiger partial charge is 0.394 e. The molecule has 10 heteroatoms. The molecule has 9 atom stereocenters. The molecule has 0 spiro atoms. The lowest BCUT2D eigenvalue weighted by atomic mass is 9.99. The van der Waals surface area contributed by atoms with Gasteiger partial charge < -0.3 is 50.0 Å². The molecule has 2 aliphatic heterocycles. The second-order valence-corrected chi connectivity index (χ2v) is 5.08. The normalized spacial score (nSPS) is 51.9. The molecular weight excluding hydrogens is 292 g/mol. The summed E-state index contributed by atoms with van der Waals surface area (Å²) in [7, 11) is 0. The van der Waals surface area contributed by atoms with E-state index >= 15 is 0 Å². The van der Waals surface area contributed by atoms with Crippen molar-refractivity contribution in [1.29, 1.82) is 0 Å². The van der Waals surface area contributed by atoms with Gasteiger partial charge in [-0.2, -0.15) is 0 Å². The molecular formula is C11H20O10. The second-order valence-electron chi connectivity index (χ2n) is 5.08. The van der Waals surface area contributed by atoms with Crippen molar-refractivity contribution in [3.8, 4) is 0 Å². The van der Waals surface area contributed by atoms with Crippen LogP contribution in [-0.4, -0.2) is 104 Å². The summed E-state index contributed by atoms with van der Waals surface area (Å²) in [6.45, 7) is -0.899. The Hall–Kier alpha value is -0.400. The maximum absolute atomic E-state index is 9.78. The highest BCUT2D eigenvalue weighted by Gasteiger charge is 2.47. The highest BCUT2D eigenvalue weighted by atomic mass is 16.7. The van der Waals surface area contributed by atoms with Crippen LogP contribution in [0.2, 0.25) is 0 Å². The number of ether oxygens (including phenoxy) is 3. The minimum atomic E-state index is -1.63. The Morgan fingerprint density at radius 1 is 0.857 bits per heavy atom. The minimum absolute atomic E-state index is 0.283. The summed E-state index contributed by atoms with van der Waals surface area (Å²) in [6.07, 6.45) is -13.2. The van der Waals surface area contributed by atoms with Crippen LogP contribution in [0.1, 0.15) is 0 Å². The average Bonchev–Trinajstić information content (AvgIpc) is 2.48. The zero-order chi connectivity index (χ0) is 15.7. The Kier molecular flexibility index (Phi) is 5.48. The molecule has 0 aromatic carbocycles. The second kappa shape index (κ2) is 6.79. The Morgan fingerprint density at radius 2 is 1.52 bits per heavy atom. The van der Waals surface area contributed by atoms with E-state index in [1.807, 2.05) is 0 Å². The lowest BCUT2D eigenvalue weighted by Crippen LogP contribution is -2.62. The van der Waals surface area contributed by atoms with Crippen LogP contribution in [-0.2, 0) is 14.2 Å². The first-order valence-corrected chi connectivity index (χ1v) is 6.48. The molecule has 10 nitrogen and oxygen atoms in total. The number of hydrogen-bond donors (Lipinski definition) is 7. The van der Waals surface area contributed by atoms with Crippen LogP contribution in [0.4, 0.5) is 0 Å². The zero-order valence-corrected chi connectivity index (χ0v) is 11.0. The van der Waals surface area contributed by atoms with Crippen molar-refractivity contribution in [2.75, 3.05) is 13.2 Å². The van der Waals surface area contributed by atoms with E-state index in [4.69, 9.17) is 19.3 Å². The molecule has 0 amide bonds. The van der Waals surface area contributed by atoms with Crippen molar-refractivity contribution in [3.63, 3.8) is 0 Å². The van der Waals surface area contributed by atoms with Crippen LogP contribution in [0, 0.1) is 0 Å². The van der Waals surface area contributed by atoms with Crippen LogP contribution in [0.5, 0.6) is 0 Å². The Labute approximate surface area is 119 Å². The first-order chi connectivity index (χ1) is 9.86. The SMILES string of the molecule is OCC1O[C@H](O[C@@H]2COC(O)C(O)[C@H]2O)C(O)[C@@H](O)[C@@H]1O. The highest BCUT2D eigenvalue weighted by Crippen LogP contribution is 2.25. The van der Waals surface area contributed by atoms with Gasteiger partial charge in [-0.25, -0.2) is 0 Å². The maximum Gasteiger partial charge on any atom is 0.187 e. The molecule has 0 bridgehead atoms. The van der Waals surface area contributed by atoms with Crippen LogP contribution < -0.4 is 0 Å². The van der Waals surface area contributed by atoms with E-state index in [1.54, 1.807) is 0 Å². The molecule has 0 saturated carbocycles. The molecule has 0 aromatic rings. The van der Waals surface area contributed by atoms with Gasteiger partial charge in [-0.1, -0.05) is 0 Å². The molecule has 124 valence electrons. The molecule has 7 N–H and O–H groups in total. The third-order valence-electron chi connectivity index (χ3n) is 3.61. The van der Waals surface area contributed by atoms with E-state index in [0.717, 1.165) is 0 Å². The summed E-state index contributed by atoms with van der Waals surface area (Å²) < 4.78 is 15.1. The summed E-state index contributed by atoms with van der Waals surface area (Å²) in [5.74, 6) is 0. The van der Waals surface area contributed by atoms with E-state index in [0.29, 0.717) is 0 Å². The zero-order valence-electron chi connectivity index (χ0n) is 11.0. The van der Waals surface area contributed by atoms with E-state index in [9.17, 15) is 30.6 Å². The number of hydrogen-bond acceptors (Lipinski definition) is 10. The smallest absolute Gasteiger partial charge is 0.187 e. The number of aliphatic hydroxyl groups is 7. The molecule has 4 unspecified atom stereocenters. The topological polar surface area (TPSA) is 169 Å². The molecule has 21 heavy (non-hydrogen) atoms. The standard InChI is InChI=1S/C11H20O10/c12-1-3-5(13)7(15)9(17)11(20-3)21-4-2-19-10(18)8(16)6(4)14/h3-18H,1-2H2/t3?,4-,5-,6+,7+,8?,9?,10?,11-/m1/s1. The summed E-state index contributed by atoms with van der Waals surface area (Å²) in [5.41, 5.74) is 0. The summed E-state index contributed by atoms with van der Waals surface area (Å²) in [6, 6.07) is 0. The van der Waals surface area contributed by atoms with E-state index in [-0.39, 0.29) is 6.61 Å². The Balaban J connectivity index is 2.01. The average molecular weight is 312 g/mol. The third-order valence-corrected chi connectivity index (χ3v) is 3.61. The Morgan fingerprint density at radius 3 is 2.14 bits per heavy atom. The number of rotatable bonds is 3. The first-order valence-electron chi connectivity index (χ1n) is 6.48. The van der Waals surface area contributed by atoms with Crippen molar-refractivity contribution < 1.29 is 50.0 Å². The van der Waals surface area contributed by atoms with E-state index in [1.165, 1.54) is 0 Å². The quantitative estimate of drug-likeness (QED) is 0.268. The fourth-order valence-corrected chi connectivity index (χ4v) is 2.25. The summed E-state index contributed by atoms with van der Waals surface area (Å²) >= 11 is 0. The lowest BCUT2D eigenvalue weighted by molar-refractivity contribution is -0.340. The van der Waals surface area contributed by atoms with Crippen molar-refractivity contribution in [2.45, 2.75) is 55.3 Å². The predicted octanol–water partition coefficient (Wildman–Crippen LogP) is -4.76. The van der Waals surface area contributed by atoms with Gasteiger partial charge in [0.05, 0.1) is 13.2 Å². The summed E-state index contributed by atoms with van der Waals surface area (Å²) in [5, 5.41) is 66.5. The predicted molar refractivity (Wildman–Crippen MR) is 62.6 cm³/mol. The van der Waals surface area contributed by atoms with Gasteiger partial charge in [0, 0.05) is 0 Å². The van der Waals surface area contributed by atoms with Crippen LogP contribution in [0.25, 0.3) is 0 Å². The van der Waals surface area contributed by atoms with Gasteiger partial charge in [-0.15, -0.1) is 0 Å². The van der Waals surface area contributed by atoms with Gasteiger partial charge in [-0.05, 0) is 0 Å². The molecule has 2 aliphatic rings. The van der Waals surface area contributed by atoms with Gasteiger partial charge in [0.15, 0.2) is 12.6 Å². The highest BCUT2D eigenvalue weighted by molar-refractivity contribution is 4.91. The first kappa shape index (κ1) is 17.0. The van der Waals surface area contributed by atoms with Crippen molar-refractivity contribution in [2.24, 2.45) is 0 Å². The number of aliphatic hydroxyl groups excluding tert-OH is 7. The van der Waals surface area contributed by atoms with Crippen molar-refractivity contribution >= 4 is 0 Å². The fourth-order valence-electron chi connectivity index (χ4n) is 2.25. The molecule has 2 fully saturated rings. The molecule has 2 rings (SSSR count). The Bertz CT molecular complexity index is 339. The third kappa shape index (κ3) is 3.35. The molecule has 2 saturated heterocycles. The minimum Gasteiger partial charge on any atom is -0.394 e. The van der Waals surface area contributed by atoms with Crippen molar-refractivity contribution in [1.82, 2.24) is 0 Å². The lowest BCUT2D eigenvalue weighted by Gasteiger charge is -2.43. The monoisotopic (exact) mass is 312 g/mol. The van der Waals surface area contributed by atoms with Crippen LogP contribution in [0.3, 0.4) is 0 Å². The van der Waals surface area contributed by atoms with Crippen LogP contribution >= 0.6 is 0 Å². The maximum atomic E-state index is 9.78. The van der Waals surface area contributed by atoms with Gasteiger partial charge in [0.25, 0.3) is 0 Å². The fraction of sp³-hybridized carbons (Fsp3) is 1.00. The van der Waals surface area contributed by atoms with Crippen molar-refractivity contribution in [3.05, 3.63) is 0 Å². The molecule has 0 aromatic heterocycles. The van der Waals surface area contributed by atoms with Gasteiger partial charge >= 0.3 is 0 Å². The van der Waals surface area contributed by atoms with Gasteiger partial charge in [0.1, 0.15) is 42.7 Å². The van der Waals surface area contributed by atoms with E-state index < -0.39 is 61.9 Å². The molecule has 2 heterocycles. The van der Waals surface area contributed by atoms with E-state index in [2.05, 4.69) is 0 Å². The van der Waals surface area contributed by atoms with Crippen LogP contribution in [0.15, 0.2) is 0 Å². The molecule has 0 radical (unpaired) electrons.